The lowest BCUT2D eigenvalue weighted by Gasteiger charge is -2.31. The molecule has 3 rings (SSSR count). The molecule has 1 heterocycles. The minimum atomic E-state index is -0.128. The van der Waals surface area contributed by atoms with Crippen molar-refractivity contribution in [1.29, 1.82) is 0 Å². The highest BCUT2D eigenvalue weighted by Gasteiger charge is 2.36. The van der Waals surface area contributed by atoms with Gasteiger partial charge >= 0.3 is 0 Å². The van der Waals surface area contributed by atoms with Crippen molar-refractivity contribution in [2.24, 2.45) is 11.8 Å². The Balaban J connectivity index is 1.59. The van der Waals surface area contributed by atoms with Gasteiger partial charge in [-0.15, -0.1) is 0 Å². The Bertz CT molecular complexity index is 750. The minimum Gasteiger partial charge on any atom is -0.342 e. The van der Waals surface area contributed by atoms with Crippen LogP contribution in [0.4, 0.5) is 11.4 Å². The number of aryl methyl sites for hydroxylation is 1. The van der Waals surface area contributed by atoms with Gasteiger partial charge in [-0.2, -0.15) is 0 Å². The van der Waals surface area contributed by atoms with Crippen LogP contribution >= 0.6 is 0 Å². The number of likely N-dealkylation sites (N-methyl/N-ethyl adjacent to an activating group) is 1. The van der Waals surface area contributed by atoms with Crippen LogP contribution in [0.2, 0.25) is 0 Å². The molecule has 0 bridgehead atoms. The Morgan fingerprint density at radius 3 is 2.29 bits per heavy atom. The van der Waals surface area contributed by atoms with Crippen LogP contribution in [0.15, 0.2) is 18.2 Å². The zero-order valence-electron chi connectivity index (χ0n) is 17.0. The standard InChI is InChI=1S/C21H30N4O3/c1-14-4-7-17(22-19(26)13-24(2)3)18(12-14)23-20(27)15-8-10-25(11-9-15)21(28)16-5-6-16/h4,7,12,15-16H,5-6,8-11,13H2,1-3H3,(H,22,26)(H,23,27). The van der Waals surface area contributed by atoms with Crippen molar-refractivity contribution < 1.29 is 14.4 Å². The van der Waals surface area contributed by atoms with Gasteiger partial charge in [0, 0.05) is 24.9 Å². The summed E-state index contributed by atoms with van der Waals surface area (Å²) in [5.41, 5.74) is 2.23. The van der Waals surface area contributed by atoms with E-state index in [0.717, 1.165) is 18.4 Å². The predicted octanol–water partition coefficient (Wildman–Crippen LogP) is 2.08. The van der Waals surface area contributed by atoms with E-state index in [0.29, 0.717) is 37.3 Å². The maximum Gasteiger partial charge on any atom is 0.238 e. The van der Waals surface area contributed by atoms with E-state index in [1.54, 1.807) is 4.90 Å². The second kappa shape index (κ2) is 8.73. The molecule has 0 atom stereocenters. The Kier molecular flexibility index (Phi) is 6.34. The van der Waals surface area contributed by atoms with Crippen LogP contribution in [0.1, 0.15) is 31.2 Å². The Morgan fingerprint density at radius 1 is 1.00 bits per heavy atom. The summed E-state index contributed by atoms with van der Waals surface area (Å²) in [6.45, 7) is 3.51. The topological polar surface area (TPSA) is 81.8 Å². The highest BCUT2D eigenvalue weighted by atomic mass is 16.2. The first-order valence-electron chi connectivity index (χ1n) is 9.98. The second-order valence-corrected chi connectivity index (χ2v) is 8.20. The highest BCUT2D eigenvalue weighted by molar-refractivity contribution is 6.01. The largest absolute Gasteiger partial charge is 0.342 e. The maximum absolute atomic E-state index is 12.8. The molecule has 1 aliphatic carbocycles. The number of benzene rings is 1. The summed E-state index contributed by atoms with van der Waals surface area (Å²) >= 11 is 0. The first-order chi connectivity index (χ1) is 13.3. The summed E-state index contributed by atoms with van der Waals surface area (Å²) in [7, 11) is 3.66. The molecule has 2 fully saturated rings. The van der Waals surface area contributed by atoms with Gasteiger partial charge in [-0.25, -0.2) is 0 Å². The molecule has 28 heavy (non-hydrogen) atoms. The van der Waals surface area contributed by atoms with Crippen molar-refractivity contribution in [3.05, 3.63) is 23.8 Å². The maximum atomic E-state index is 12.8. The van der Waals surface area contributed by atoms with Gasteiger partial charge < -0.3 is 20.4 Å². The Labute approximate surface area is 166 Å². The van der Waals surface area contributed by atoms with Gasteiger partial charge in [-0.3, -0.25) is 14.4 Å². The van der Waals surface area contributed by atoms with Gasteiger partial charge in [0.05, 0.1) is 17.9 Å². The highest BCUT2D eigenvalue weighted by Crippen LogP contribution is 2.33. The molecule has 152 valence electrons. The third kappa shape index (κ3) is 5.32. The average Bonchev–Trinajstić information content (AvgIpc) is 3.48. The summed E-state index contributed by atoms with van der Waals surface area (Å²) in [6, 6.07) is 5.59. The number of carbonyl (C=O) groups is 3. The van der Waals surface area contributed by atoms with Crippen LogP contribution in [-0.4, -0.2) is 61.3 Å². The van der Waals surface area contributed by atoms with E-state index in [-0.39, 0.29) is 36.1 Å². The first-order valence-corrected chi connectivity index (χ1v) is 9.98. The Morgan fingerprint density at radius 2 is 1.68 bits per heavy atom. The summed E-state index contributed by atoms with van der Waals surface area (Å²) in [4.78, 5) is 40.8. The SMILES string of the molecule is Cc1ccc(NC(=O)CN(C)C)c(NC(=O)C2CCN(C(=O)C3CC3)CC2)c1. The number of nitrogens with one attached hydrogen (secondary N) is 2. The molecule has 2 N–H and O–H groups in total. The normalized spacial score (nSPS) is 17.5. The number of hydrogen-bond donors (Lipinski definition) is 2. The van der Waals surface area contributed by atoms with E-state index >= 15 is 0 Å². The van der Waals surface area contributed by atoms with Crippen molar-refractivity contribution in [2.75, 3.05) is 44.4 Å². The number of anilines is 2. The van der Waals surface area contributed by atoms with Crippen LogP contribution < -0.4 is 10.6 Å². The first kappa shape index (κ1) is 20.3. The van der Waals surface area contributed by atoms with Gasteiger partial charge in [-0.05, 0) is 64.4 Å². The molecule has 0 aromatic heterocycles. The van der Waals surface area contributed by atoms with Crippen molar-refractivity contribution in [3.63, 3.8) is 0 Å². The van der Waals surface area contributed by atoms with E-state index in [1.165, 1.54) is 0 Å². The minimum absolute atomic E-state index is 0.0489. The van der Waals surface area contributed by atoms with Crippen LogP contribution in [0.25, 0.3) is 0 Å². The average molecular weight is 386 g/mol. The molecular formula is C21H30N4O3. The number of likely N-dealkylation sites (tertiary alicyclic amines) is 1. The van der Waals surface area contributed by atoms with Crippen molar-refractivity contribution in [1.82, 2.24) is 9.80 Å². The second-order valence-electron chi connectivity index (χ2n) is 8.20. The Hall–Kier alpha value is -2.41. The van der Waals surface area contributed by atoms with Crippen molar-refractivity contribution in [3.8, 4) is 0 Å². The fourth-order valence-corrected chi connectivity index (χ4v) is 3.53. The number of nitrogens with zero attached hydrogens (tertiary/aromatic N) is 2. The van der Waals surface area contributed by atoms with Crippen LogP contribution in [0.3, 0.4) is 0 Å². The molecule has 0 radical (unpaired) electrons. The van der Waals surface area contributed by atoms with Crippen molar-refractivity contribution >= 4 is 29.1 Å². The van der Waals surface area contributed by atoms with Gasteiger partial charge in [0.25, 0.3) is 0 Å². The molecule has 0 spiro atoms. The van der Waals surface area contributed by atoms with Gasteiger partial charge in [0.2, 0.25) is 17.7 Å². The third-order valence-corrected chi connectivity index (χ3v) is 5.27. The summed E-state index contributed by atoms with van der Waals surface area (Å²) < 4.78 is 0. The molecule has 1 aromatic rings. The monoisotopic (exact) mass is 386 g/mol. The molecule has 7 heteroatoms. The van der Waals surface area contributed by atoms with Gasteiger partial charge in [0.15, 0.2) is 0 Å². The fourth-order valence-electron chi connectivity index (χ4n) is 3.53. The van der Waals surface area contributed by atoms with E-state index in [4.69, 9.17) is 0 Å². The number of hydrogen-bond acceptors (Lipinski definition) is 4. The van der Waals surface area contributed by atoms with E-state index in [2.05, 4.69) is 10.6 Å². The predicted molar refractivity (Wildman–Crippen MR) is 109 cm³/mol. The number of piperidine rings is 1. The molecule has 2 aliphatic rings. The smallest absolute Gasteiger partial charge is 0.238 e. The third-order valence-electron chi connectivity index (χ3n) is 5.27. The molecule has 1 saturated heterocycles. The quantitative estimate of drug-likeness (QED) is 0.784. The van der Waals surface area contributed by atoms with E-state index in [1.807, 2.05) is 44.1 Å². The number of carbonyl (C=O) groups excluding carboxylic acids is 3. The lowest BCUT2D eigenvalue weighted by molar-refractivity contribution is -0.135. The zero-order valence-corrected chi connectivity index (χ0v) is 17.0. The van der Waals surface area contributed by atoms with Gasteiger partial charge in [0.1, 0.15) is 0 Å². The molecule has 7 nitrogen and oxygen atoms in total. The molecule has 0 unspecified atom stereocenters. The molecular weight excluding hydrogens is 356 g/mol. The zero-order chi connectivity index (χ0) is 20.3. The number of amides is 3. The molecule has 1 aliphatic heterocycles. The number of rotatable bonds is 6. The van der Waals surface area contributed by atoms with Crippen molar-refractivity contribution in [2.45, 2.75) is 32.6 Å². The van der Waals surface area contributed by atoms with Crippen LogP contribution in [0.5, 0.6) is 0 Å². The lowest BCUT2D eigenvalue weighted by Crippen LogP contribution is -2.42. The van der Waals surface area contributed by atoms with E-state index in [9.17, 15) is 14.4 Å². The molecule has 3 amide bonds. The van der Waals surface area contributed by atoms with Gasteiger partial charge in [-0.1, -0.05) is 6.07 Å². The molecule has 1 aromatic carbocycles. The lowest BCUT2D eigenvalue weighted by atomic mass is 9.95. The van der Waals surface area contributed by atoms with Crippen LogP contribution in [-0.2, 0) is 14.4 Å². The molecule has 1 saturated carbocycles. The summed E-state index contributed by atoms with van der Waals surface area (Å²) in [6.07, 6.45) is 3.38. The summed E-state index contributed by atoms with van der Waals surface area (Å²) in [5.74, 6) is 0.187. The summed E-state index contributed by atoms with van der Waals surface area (Å²) in [5, 5.41) is 5.86. The van der Waals surface area contributed by atoms with Crippen LogP contribution in [0, 0.1) is 18.8 Å². The van der Waals surface area contributed by atoms with E-state index < -0.39 is 0 Å². The fraction of sp³-hybridized carbons (Fsp3) is 0.571.